The van der Waals surface area contributed by atoms with Crippen molar-refractivity contribution in [3.05, 3.63) is 23.4 Å². The molecule has 3 rings (SSSR count). The second-order valence-corrected chi connectivity index (χ2v) is 3.78. The summed E-state index contributed by atoms with van der Waals surface area (Å²) in [5.41, 5.74) is 7.16. The van der Waals surface area contributed by atoms with Crippen molar-refractivity contribution in [3.8, 4) is 22.8 Å². The summed E-state index contributed by atoms with van der Waals surface area (Å²) in [5, 5.41) is 0.512. The average Bonchev–Trinajstić information content (AvgIpc) is 2.85. The van der Waals surface area contributed by atoms with Gasteiger partial charge in [0.1, 0.15) is 0 Å². The Balaban J connectivity index is 2.12. The molecule has 1 aliphatic heterocycles. The van der Waals surface area contributed by atoms with E-state index in [-0.39, 0.29) is 6.79 Å². The van der Waals surface area contributed by atoms with Gasteiger partial charge in [-0.25, -0.2) is 4.98 Å². The van der Waals surface area contributed by atoms with Crippen LogP contribution in [-0.2, 0) is 0 Å². The third-order valence-corrected chi connectivity index (χ3v) is 2.61. The maximum atomic E-state index is 6.06. The van der Waals surface area contributed by atoms with Crippen LogP contribution in [0, 0.1) is 0 Å². The van der Waals surface area contributed by atoms with Gasteiger partial charge in [0.15, 0.2) is 17.4 Å². The number of nitrogen functional groups attached to an aromatic ring is 1. The van der Waals surface area contributed by atoms with Crippen molar-refractivity contribution >= 4 is 17.5 Å². The molecule has 0 fully saturated rings. The number of nitrogens with two attached hydrogens (primary N) is 1. The zero-order chi connectivity index (χ0) is 11.1. The molecule has 0 spiro atoms. The first-order valence-electron chi connectivity index (χ1n) is 4.64. The van der Waals surface area contributed by atoms with E-state index in [1.54, 1.807) is 12.3 Å². The van der Waals surface area contributed by atoms with Crippen molar-refractivity contribution < 1.29 is 9.47 Å². The van der Waals surface area contributed by atoms with Crippen molar-refractivity contribution in [1.82, 2.24) is 9.97 Å². The van der Waals surface area contributed by atoms with Crippen LogP contribution in [0.15, 0.2) is 18.3 Å². The predicted octanol–water partition coefficient (Wildman–Crippen LogP) is 2.04. The Morgan fingerprint density at radius 2 is 2.25 bits per heavy atom. The smallest absolute Gasteiger partial charge is 0.231 e. The summed E-state index contributed by atoms with van der Waals surface area (Å²) in [6, 6.07) is 3.61. The molecule has 6 heteroatoms. The zero-order valence-corrected chi connectivity index (χ0v) is 8.91. The monoisotopic (exact) mass is 237 g/mol. The van der Waals surface area contributed by atoms with E-state index < -0.39 is 0 Å². The van der Waals surface area contributed by atoms with Crippen molar-refractivity contribution in [2.75, 3.05) is 12.5 Å². The fraction of sp³-hybridized carbons (Fsp3) is 0.100. The summed E-state index contributed by atoms with van der Waals surface area (Å²) >= 11 is 6.06. The Hall–Kier alpha value is -1.88. The molecule has 0 atom stereocenters. The Morgan fingerprint density at radius 3 is 3.00 bits per heavy atom. The highest BCUT2D eigenvalue weighted by atomic mass is 35.5. The molecule has 0 unspecified atom stereocenters. The number of rotatable bonds is 1. The van der Waals surface area contributed by atoms with E-state index in [1.165, 1.54) is 0 Å². The fourth-order valence-electron chi connectivity index (χ4n) is 1.61. The topological polar surface area (TPSA) is 73.2 Å². The number of H-pyrrole nitrogens is 1. The third kappa shape index (κ3) is 1.37. The quantitative estimate of drug-likeness (QED) is 0.796. The number of hydrogen-bond donors (Lipinski definition) is 2. The Morgan fingerprint density at radius 1 is 1.38 bits per heavy atom. The van der Waals surface area contributed by atoms with Gasteiger partial charge in [-0.3, -0.25) is 0 Å². The number of fused-ring (bicyclic) bond motifs is 1. The van der Waals surface area contributed by atoms with Crippen LogP contribution in [0.5, 0.6) is 11.5 Å². The van der Waals surface area contributed by atoms with Crippen molar-refractivity contribution in [2.45, 2.75) is 0 Å². The second kappa shape index (κ2) is 3.31. The number of aromatic nitrogens is 2. The number of hydrogen-bond acceptors (Lipinski definition) is 4. The van der Waals surface area contributed by atoms with Gasteiger partial charge in [-0.2, -0.15) is 0 Å². The lowest BCUT2D eigenvalue weighted by Crippen LogP contribution is -1.93. The molecule has 0 amide bonds. The van der Waals surface area contributed by atoms with Gasteiger partial charge in [-0.1, -0.05) is 11.6 Å². The second-order valence-electron chi connectivity index (χ2n) is 3.37. The summed E-state index contributed by atoms with van der Waals surface area (Å²) in [6.07, 6.45) is 1.64. The average molecular weight is 238 g/mol. The van der Waals surface area contributed by atoms with Crippen LogP contribution < -0.4 is 15.2 Å². The third-order valence-electron chi connectivity index (χ3n) is 2.33. The molecule has 0 bridgehead atoms. The van der Waals surface area contributed by atoms with E-state index in [9.17, 15) is 0 Å². The molecule has 0 radical (unpaired) electrons. The van der Waals surface area contributed by atoms with Gasteiger partial charge < -0.3 is 20.2 Å². The zero-order valence-electron chi connectivity index (χ0n) is 8.16. The van der Waals surface area contributed by atoms with Crippen LogP contribution in [0.25, 0.3) is 11.3 Å². The van der Waals surface area contributed by atoms with Gasteiger partial charge in [0.2, 0.25) is 6.79 Å². The molecule has 1 aromatic heterocycles. The van der Waals surface area contributed by atoms with Crippen LogP contribution in [0.2, 0.25) is 5.02 Å². The lowest BCUT2D eigenvalue weighted by atomic mass is 10.1. The number of anilines is 1. The Labute approximate surface area is 96.1 Å². The van der Waals surface area contributed by atoms with E-state index in [0.29, 0.717) is 22.5 Å². The molecular formula is C10H8ClN3O2. The minimum absolute atomic E-state index is 0.198. The molecule has 0 aliphatic carbocycles. The van der Waals surface area contributed by atoms with Crippen molar-refractivity contribution in [1.29, 1.82) is 0 Å². The van der Waals surface area contributed by atoms with Crippen LogP contribution in [0.3, 0.4) is 0 Å². The van der Waals surface area contributed by atoms with Crippen LogP contribution in [0.1, 0.15) is 0 Å². The van der Waals surface area contributed by atoms with E-state index in [0.717, 1.165) is 11.3 Å². The summed E-state index contributed by atoms with van der Waals surface area (Å²) in [6.45, 7) is 0.198. The molecule has 0 saturated heterocycles. The first kappa shape index (κ1) is 9.35. The highest BCUT2D eigenvalue weighted by molar-refractivity contribution is 6.32. The minimum atomic E-state index is 0.198. The normalized spacial score (nSPS) is 13.1. The van der Waals surface area contributed by atoms with Gasteiger partial charge >= 0.3 is 0 Å². The highest BCUT2D eigenvalue weighted by Gasteiger charge is 2.19. The first-order valence-corrected chi connectivity index (χ1v) is 5.02. The molecule has 1 aliphatic rings. The molecule has 2 aromatic rings. The number of nitrogens with one attached hydrogen (secondary N) is 1. The molecule has 1 aromatic carbocycles. The Kier molecular flexibility index (Phi) is 1.94. The van der Waals surface area contributed by atoms with Gasteiger partial charge in [0.05, 0.1) is 16.9 Å². The number of aromatic amines is 1. The minimum Gasteiger partial charge on any atom is -0.454 e. The molecule has 82 valence electrons. The Bertz CT molecular complexity index is 553. The highest BCUT2D eigenvalue weighted by Crippen LogP contribution is 2.41. The maximum Gasteiger partial charge on any atom is 0.231 e. The largest absolute Gasteiger partial charge is 0.454 e. The lowest BCUT2D eigenvalue weighted by molar-refractivity contribution is 0.174. The molecule has 0 saturated carbocycles. The predicted molar refractivity (Wildman–Crippen MR) is 59.6 cm³/mol. The van der Waals surface area contributed by atoms with Crippen molar-refractivity contribution in [3.63, 3.8) is 0 Å². The van der Waals surface area contributed by atoms with E-state index in [4.69, 9.17) is 26.8 Å². The lowest BCUT2D eigenvalue weighted by Gasteiger charge is -2.02. The number of halogens is 1. The summed E-state index contributed by atoms with van der Waals surface area (Å²) in [4.78, 5) is 6.85. The van der Waals surface area contributed by atoms with Crippen LogP contribution >= 0.6 is 11.6 Å². The molecule has 5 nitrogen and oxygen atoms in total. The van der Waals surface area contributed by atoms with Gasteiger partial charge in [0, 0.05) is 5.56 Å². The van der Waals surface area contributed by atoms with Gasteiger partial charge in [-0.05, 0) is 12.1 Å². The SMILES string of the molecule is Nc1ncc(-c2cc(Cl)c3c(c2)OCO3)[nH]1. The van der Waals surface area contributed by atoms with E-state index in [1.807, 2.05) is 6.07 Å². The number of ether oxygens (including phenoxy) is 2. The number of imidazole rings is 1. The summed E-state index contributed by atoms with van der Waals surface area (Å²) in [7, 11) is 0. The molecular weight excluding hydrogens is 230 g/mol. The first-order chi connectivity index (χ1) is 7.74. The summed E-state index contributed by atoms with van der Waals surface area (Å²) in [5.74, 6) is 1.58. The maximum absolute atomic E-state index is 6.06. The van der Waals surface area contributed by atoms with Gasteiger partial charge in [-0.15, -0.1) is 0 Å². The van der Waals surface area contributed by atoms with E-state index in [2.05, 4.69) is 9.97 Å². The number of nitrogens with zero attached hydrogens (tertiary/aromatic N) is 1. The molecule has 2 heterocycles. The standard InChI is InChI=1S/C10H8ClN3O2/c11-6-1-5(7-3-13-10(12)14-7)2-8-9(6)16-4-15-8/h1-3H,4H2,(H3,12,13,14). The van der Waals surface area contributed by atoms with Crippen molar-refractivity contribution in [2.24, 2.45) is 0 Å². The fourth-order valence-corrected chi connectivity index (χ4v) is 1.87. The number of benzene rings is 1. The summed E-state index contributed by atoms with van der Waals surface area (Å²) < 4.78 is 10.5. The molecule has 3 N–H and O–H groups in total. The van der Waals surface area contributed by atoms with Crippen LogP contribution in [-0.4, -0.2) is 16.8 Å². The van der Waals surface area contributed by atoms with E-state index >= 15 is 0 Å². The van der Waals surface area contributed by atoms with Crippen LogP contribution in [0.4, 0.5) is 5.95 Å². The van der Waals surface area contributed by atoms with Gasteiger partial charge in [0.25, 0.3) is 0 Å². The molecule has 16 heavy (non-hydrogen) atoms.